The number of hydrogen-bond acceptors (Lipinski definition) is 5. The molecule has 0 aliphatic carbocycles. The lowest BCUT2D eigenvalue weighted by atomic mass is 10.2. The average Bonchev–Trinajstić information content (AvgIpc) is 2.65. The van der Waals surface area contributed by atoms with Crippen molar-refractivity contribution < 1.29 is 23.9 Å². The summed E-state index contributed by atoms with van der Waals surface area (Å²) in [6.45, 7) is -0.326. The maximum atomic E-state index is 12.5. The first-order valence-electron chi connectivity index (χ1n) is 7.59. The lowest BCUT2D eigenvalue weighted by Gasteiger charge is -2.29. The molecule has 2 amide bonds. The van der Waals surface area contributed by atoms with Crippen LogP contribution in [0.2, 0.25) is 0 Å². The van der Waals surface area contributed by atoms with Crippen LogP contribution < -0.4 is 15.0 Å². The summed E-state index contributed by atoms with van der Waals surface area (Å²) in [7, 11) is 1.29. The maximum Gasteiger partial charge on any atom is 0.337 e. The van der Waals surface area contributed by atoms with E-state index < -0.39 is 5.97 Å². The molecule has 25 heavy (non-hydrogen) atoms. The normalized spacial score (nSPS) is 12.8. The zero-order chi connectivity index (χ0) is 17.8. The summed E-state index contributed by atoms with van der Waals surface area (Å²) in [5, 5.41) is 2.72. The molecule has 0 spiro atoms. The molecule has 0 bridgehead atoms. The van der Waals surface area contributed by atoms with Gasteiger partial charge in [0, 0.05) is 0 Å². The lowest BCUT2D eigenvalue weighted by molar-refractivity contribution is -0.123. The van der Waals surface area contributed by atoms with Gasteiger partial charge in [-0.3, -0.25) is 14.5 Å². The standard InChI is InChI=1S/C18H16N2O5/c1-24-18(23)12-5-4-6-13(9-12)25-11-17(22)20-10-16(21)19-14-7-2-3-8-15(14)20/h2-9H,10-11H2,1H3,(H,19,21). The first kappa shape index (κ1) is 16.5. The smallest absolute Gasteiger partial charge is 0.337 e. The predicted molar refractivity (Wildman–Crippen MR) is 90.7 cm³/mol. The molecular formula is C18H16N2O5. The molecule has 7 nitrogen and oxygen atoms in total. The van der Waals surface area contributed by atoms with E-state index in [4.69, 9.17) is 4.74 Å². The predicted octanol–water partition coefficient (Wildman–Crippen LogP) is 1.84. The highest BCUT2D eigenvalue weighted by molar-refractivity contribution is 6.10. The van der Waals surface area contributed by atoms with Gasteiger partial charge in [-0.1, -0.05) is 18.2 Å². The van der Waals surface area contributed by atoms with E-state index in [1.54, 1.807) is 42.5 Å². The minimum Gasteiger partial charge on any atom is -0.484 e. The molecule has 1 N–H and O–H groups in total. The number of nitrogens with zero attached hydrogens (tertiary/aromatic N) is 1. The van der Waals surface area contributed by atoms with Gasteiger partial charge in [0.25, 0.3) is 5.91 Å². The number of carbonyl (C=O) groups excluding carboxylic acids is 3. The minimum absolute atomic E-state index is 0.0680. The van der Waals surface area contributed by atoms with Gasteiger partial charge >= 0.3 is 5.97 Å². The Hall–Kier alpha value is -3.35. The van der Waals surface area contributed by atoms with Crippen LogP contribution >= 0.6 is 0 Å². The first-order chi connectivity index (χ1) is 12.1. The molecule has 7 heteroatoms. The number of anilines is 2. The number of carbonyl (C=O) groups is 3. The molecule has 0 atom stereocenters. The summed E-state index contributed by atoms with van der Waals surface area (Å²) in [6, 6.07) is 13.4. The summed E-state index contributed by atoms with van der Waals surface area (Å²) in [5.74, 6) is -0.741. The monoisotopic (exact) mass is 340 g/mol. The maximum absolute atomic E-state index is 12.5. The highest BCUT2D eigenvalue weighted by Gasteiger charge is 2.26. The van der Waals surface area contributed by atoms with Crippen LogP contribution in [0.25, 0.3) is 0 Å². The average molecular weight is 340 g/mol. The van der Waals surface area contributed by atoms with Gasteiger partial charge in [0.05, 0.1) is 24.0 Å². The van der Waals surface area contributed by atoms with Crippen molar-refractivity contribution in [2.45, 2.75) is 0 Å². The number of nitrogens with one attached hydrogen (secondary N) is 1. The van der Waals surface area contributed by atoms with E-state index in [1.165, 1.54) is 18.1 Å². The number of benzene rings is 2. The molecule has 0 saturated carbocycles. The Bertz CT molecular complexity index is 834. The van der Waals surface area contributed by atoms with E-state index in [1.807, 2.05) is 0 Å². The summed E-state index contributed by atoms with van der Waals surface area (Å²) in [5.41, 5.74) is 1.54. The molecule has 1 aliphatic rings. The van der Waals surface area contributed by atoms with E-state index in [0.717, 1.165) is 0 Å². The SMILES string of the molecule is COC(=O)c1cccc(OCC(=O)N2CC(=O)Nc3ccccc32)c1. The van der Waals surface area contributed by atoms with Gasteiger partial charge in [0.15, 0.2) is 6.61 Å². The van der Waals surface area contributed by atoms with Crippen molar-refractivity contribution in [1.82, 2.24) is 0 Å². The van der Waals surface area contributed by atoms with Crippen LogP contribution in [0, 0.1) is 0 Å². The van der Waals surface area contributed by atoms with Crippen molar-refractivity contribution in [2.75, 3.05) is 30.5 Å². The Balaban J connectivity index is 1.71. The fraction of sp³-hybridized carbons (Fsp3) is 0.167. The first-order valence-corrected chi connectivity index (χ1v) is 7.59. The number of para-hydroxylation sites is 2. The fourth-order valence-electron chi connectivity index (χ4n) is 2.51. The molecule has 2 aromatic rings. The number of esters is 1. The Morgan fingerprint density at radius 1 is 1.16 bits per heavy atom. The van der Waals surface area contributed by atoms with Crippen LogP contribution in [0.4, 0.5) is 11.4 Å². The molecule has 3 rings (SSSR count). The molecular weight excluding hydrogens is 324 g/mol. The van der Waals surface area contributed by atoms with Gasteiger partial charge in [-0.25, -0.2) is 4.79 Å². The second kappa shape index (κ2) is 7.04. The molecule has 2 aromatic carbocycles. The summed E-state index contributed by atoms with van der Waals surface area (Å²) < 4.78 is 10.1. The number of methoxy groups -OCH3 is 1. The molecule has 128 valence electrons. The van der Waals surface area contributed by atoms with E-state index in [-0.39, 0.29) is 25.0 Å². The van der Waals surface area contributed by atoms with Crippen molar-refractivity contribution in [3.63, 3.8) is 0 Å². The second-order valence-corrected chi connectivity index (χ2v) is 5.35. The van der Waals surface area contributed by atoms with Crippen LogP contribution in [0.15, 0.2) is 48.5 Å². The number of rotatable bonds is 4. The molecule has 0 unspecified atom stereocenters. The van der Waals surface area contributed by atoms with Gasteiger partial charge in [-0.15, -0.1) is 0 Å². The third kappa shape index (κ3) is 3.60. The Labute approximate surface area is 144 Å². The van der Waals surface area contributed by atoms with Gasteiger partial charge in [-0.2, -0.15) is 0 Å². The van der Waals surface area contributed by atoms with Gasteiger partial charge in [-0.05, 0) is 30.3 Å². The van der Waals surface area contributed by atoms with Crippen LogP contribution in [0.5, 0.6) is 5.75 Å². The molecule has 0 saturated heterocycles. The summed E-state index contributed by atoms with van der Waals surface area (Å²) in [4.78, 5) is 37.2. The van der Waals surface area contributed by atoms with Crippen LogP contribution in [0.1, 0.15) is 10.4 Å². The topological polar surface area (TPSA) is 84.9 Å². The van der Waals surface area contributed by atoms with E-state index in [9.17, 15) is 14.4 Å². The molecule has 0 aromatic heterocycles. The molecule has 0 radical (unpaired) electrons. The largest absolute Gasteiger partial charge is 0.484 e. The van der Waals surface area contributed by atoms with E-state index >= 15 is 0 Å². The fourth-order valence-corrected chi connectivity index (χ4v) is 2.51. The zero-order valence-corrected chi connectivity index (χ0v) is 13.5. The number of fused-ring (bicyclic) bond motifs is 1. The number of amides is 2. The third-order valence-electron chi connectivity index (χ3n) is 3.69. The number of ether oxygens (including phenoxy) is 2. The molecule has 0 fully saturated rings. The quantitative estimate of drug-likeness (QED) is 0.859. The van der Waals surface area contributed by atoms with Crippen molar-refractivity contribution in [2.24, 2.45) is 0 Å². The van der Waals surface area contributed by atoms with E-state index in [0.29, 0.717) is 22.7 Å². The van der Waals surface area contributed by atoms with Crippen molar-refractivity contribution in [3.05, 3.63) is 54.1 Å². The highest BCUT2D eigenvalue weighted by atomic mass is 16.5. The van der Waals surface area contributed by atoms with Crippen molar-refractivity contribution in [1.29, 1.82) is 0 Å². The van der Waals surface area contributed by atoms with Crippen LogP contribution in [-0.2, 0) is 14.3 Å². The van der Waals surface area contributed by atoms with Crippen LogP contribution in [0.3, 0.4) is 0 Å². The van der Waals surface area contributed by atoms with Gasteiger partial charge in [0.1, 0.15) is 12.3 Å². The Morgan fingerprint density at radius 2 is 1.96 bits per heavy atom. The molecule has 1 aliphatic heterocycles. The number of hydrogen-bond donors (Lipinski definition) is 1. The lowest BCUT2D eigenvalue weighted by Crippen LogP contribution is -2.44. The summed E-state index contributed by atoms with van der Waals surface area (Å²) in [6.07, 6.45) is 0. The van der Waals surface area contributed by atoms with Crippen molar-refractivity contribution in [3.8, 4) is 5.75 Å². The Kier molecular flexibility index (Phi) is 4.65. The van der Waals surface area contributed by atoms with Gasteiger partial charge in [0.2, 0.25) is 5.91 Å². The summed E-state index contributed by atoms with van der Waals surface area (Å²) >= 11 is 0. The van der Waals surface area contributed by atoms with Crippen LogP contribution in [-0.4, -0.2) is 38.0 Å². The zero-order valence-electron chi connectivity index (χ0n) is 13.5. The third-order valence-corrected chi connectivity index (χ3v) is 3.69. The Morgan fingerprint density at radius 3 is 2.76 bits per heavy atom. The van der Waals surface area contributed by atoms with Crippen molar-refractivity contribution >= 4 is 29.2 Å². The second-order valence-electron chi connectivity index (χ2n) is 5.35. The minimum atomic E-state index is -0.488. The van der Waals surface area contributed by atoms with Gasteiger partial charge < -0.3 is 14.8 Å². The molecule has 1 heterocycles. The highest BCUT2D eigenvalue weighted by Crippen LogP contribution is 2.29. The van der Waals surface area contributed by atoms with E-state index in [2.05, 4.69) is 10.1 Å².